The molecule has 0 saturated heterocycles. The van der Waals surface area contributed by atoms with E-state index in [9.17, 15) is 0 Å². The molecule has 0 aliphatic rings. The van der Waals surface area contributed by atoms with Crippen LogP contribution in [0.5, 0.6) is 5.75 Å². The molecule has 20 heavy (non-hydrogen) atoms. The van der Waals surface area contributed by atoms with Crippen molar-refractivity contribution < 1.29 is 9.26 Å². The molecule has 0 amide bonds. The summed E-state index contributed by atoms with van der Waals surface area (Å²) in [7, 11) is 3.43. The summed E-state index contributed by atoms with van der Waals surface area (Å²) in [4.78, 5) is 8.37. The van der Waals surface area contributed by atoms with Gasteiger partial charge in [0.05, 0.1) is 25.3 Å². The van der Waals surface area contributed by atoms with Crippen molar-refractivity contribution in [2.24, 2.45) is 7.05 Å². The molecule has 7 heteroatoms. The van der Waals surface area contributed by atoms with Gasteiger partial charge in [0.15, 0.2) is 0 Å². The van der Waals surface area contributed by atoms with Gasteiger partial charge in [-0.1, -0.05) is 5.16 Å². The van der Waals surface area contributed by atoms with Gasteiger partial charge in [0, 0.05) is 12.6 Å². The van der Waals surface area contributed by atoms with Crippen molar-refractivity contribution in [2.75, 3.05) is 12.8 Å². The number of nitrogens with zero attached hydrogens (tertiary/aromatic N) is 4. The zero-order chi connectivity index (χ0) is 14.1. The fraction of sp³-hybridized carbons (Fsp3) is 0.154. The van der Waals surface area contributed by atoms with Crippen molar-refractivity contribution in [2.45, 2.75) is 0 Å². The molecule has 0 aliphatic heterocycles. The van der Waals surface area contributed by atoms with Crippen LogP contribution < -0.4 is 10.5 Å². The molecule has 7 nitrogen and oxygen atoms in total. The second-order valence-corrected chi connectivity index (χ2v) is 4.27. The van der Waals surface area contributed by atoms with Gasteiger partial charge in [-0.3, -0.25) is 0 Å². The molecule has 2 N–H and O–H groups in total. The smallest absolute Gasteiger partial charge is 0.258 e. The summed E-state index contributed by atoms with van der Waals surface area (Å²) >= 11 is 0. The van der Waals surface area contributed by atoms with Gasteiger partial charge in [-0.05, 0) is 18.2 Å². The molecule has 3 aromatic rings. The molecule has 2 aromatic heterocycles. The minimum absolute atomic E-state index is 0.399. The van der Waals surface area contributed by atoms with Crippen LogP contribution >= 0.6 is 0 Å². The number of hydrogen-bond donors (Lipinski definition) is 1. The van der Waals surface area contributed by atoms with E-state index in [1.807, 2.05) is 17.7 Å². The molecule has 0 aliphatic carbocycles. The number of benzene rings is 1. The first-order valence-corrected chi connectivity index (χ1v) is 5.93. The highest BCUT2D eigenvalue weighted by atomic mass is 16.5. The Morgan fingerprint density at radius 3 is 2.85 bits per heavy atom. The predicted molar refractivity (Wildman–Crippen MR) is 72.9 cm³/mol. The maximum Gasteiger partial charge on any atom is 0.258 e. The van der Waals surface area contributed by atoms with E-state index in [0.717, 1.165) is 11.3 Å². The minimum Gasteiger partial charge on any atom is -0.495 e. The van der Waals surface area contributed by atoms with E-state index in [1.165, 1.54) is 0 Å². The third-order valence-electron chi connectivity index (χ3n) is 2.95. The Morgan fingerprint density at radius 2 is 2.20 bits per heavy atom. The summed E-state index contributed by atoms with van der Waals surface area (Å²) in [5.74, 6) is 1.49. The van der Waals surface area contributed by atoms with Gasteiger partial charge in [-0.25, -0.2) is 4.98 Å². The Labute approximate surface area is 115 Å². The predicted octanol–water partition coefficient (Wildman–Crippen LogP) is 1.73. The first-order valence-electron chi connectivity index (χ1n) is 5.93. The average molecular weight is 271 g/mol. The third-order valence-corrected chi connectivity index (χ3v) is 2.95. The average Bonchev–Trinajstić information content (AvgIpc) is 3.07. The van der Waals surface area contributed by atoms with E-state index in [0.29, 0.717) is 23.2 Å². The highest BCUT2D eigenvalue weighted by molar-refractivity contribution is 5.66. The van der Waals surface area contributed by atoms with Crippen molar-refractivity contribution in [1.82, 2.24) is 19.7 Å². The van der Waals surface area contributed by atoms with Crippen LogP contribution in [0.3, 0.4) is 0 Å². The lowest BCUT2D eigenvalue weighted by atomic mass is 10.2. The quantitative estimate of drug-likeness (QED) is 0.729. The summed E-state index contributed by atoms with van der Waals surface area (Å²) in [5.41, 5.74) is 7.90. The van der Waals surface area contributed by atoms with Crippen molar-refractivity contribution in [3.8, 4) is 28.7 Å². The summed E-state index contributed by atoms with van der Waals surface area (Å²) in [5, 5.41) is 3.95. The first kappa shape index (κ1) is 12.2. The normalized spacial score (nSPS) is 10.7. The number of aromatic nitrogens is 4. The Morgan fingerprint density at radius 1 is 1.35 bits per heavy atom. The number of nitrogens with two attached hydrogens (primary N) is 1. The lowest BCUT2D eigenvalue weighted by Crippen LogP contribution is -1.93. The Balaban J connectivity index is 1.98. The molecule has 2 heterocycles. The van der Waals surface area contributed by atoms with Gasteiger partial charge in [-0.2, -0.15) is 4.98 Å². The van der Waals surface area contributed by atoms with Gasteiger partial charge >= 0.3 is 0 Å². The fourth-order valence-electron chi connectivity index (χ4n) is 1.88. The third kappa shape index (κ3) is 1.99. The molecule has 0 unspecified atom stereocenters. The first-order chi connectivity index (χ1) is 9.69. The zero-order valence-corrected chi connectivity index (χ0v) is 11.1. The topological polar surface area (TPSA) is 92.0 Å². The zero-order valence-electron chi connectivity index (χ0n) is 11.1. The lowest BCUT2D eigenvalue weighted by Gasteiger charge is -2.04. The van der Waals surface area contributed by atoms with E-state index >= 15 is 0 Å². The van der Waals surface area contributed by atoms with Crippen molar-refractivity contribution >= 4 is 5.69 Å². The van der Waals surface area contributed by atoms with Crippen LogP contribution in [0.4, 0.5) is 5.69 Å². The van der Waals surface area contributed by atoms with E-state index in [2.05, 4.69) is 15.1 Å². The van der Waals surface area contributed by atoms with Gasteiger partial charge < -0.3 is 19.6 Å². The van der Waals surface area contributed by atoms with Gasteiger partial charge in [0.1, 0.15) is 11.4 Å². The summed E-state index contributed by atoms with van der Waals surface area (Å²) < 4.78 is 12.2. The van der Waals surface area contributed by atoms with E-state index in [-0.39, 0.29) is 0 Å². The number of anilines is 1. The lowest BCUT2D eigenvalue weighted by molar-refractivity contribution is 0.416. The molecule has 1 aromatic carbocycles. The van der Waals surface area contributed by atoms with Gasteiger partial charge in [0.25, 0.3) is 5.89 Å². The van der Waals surface area contributed by atoms with Gasteiger partial charge in [0.2, 0.25) is 5.82 Å². The van der Waals surface area contributed by atoms with Crippen LogP contribution in [0.1, 0.15) is 0 Å². The number of rotatable bonds is 3. The van der Waals surface area contributed by atoms with Crippen LogP contribution in [0.15, 0.2) is 35.2 Å². The van der Waals surface area contributed by atoms with Crippen molar-refractivity contribution in [3.63, 3.8) is 0 Å². The number of imidazole rings is 1. The number of aryl methyl sites for hydroxylation is 1. The Hall–Kier alpha value is -2.83. The molecule has 0 spiro atoms. The van der Waals surface area contributed by atoms with Crippen molar-refractivity contribution in [3.05, 3.63) is 30.7 Å². The second-order valence-electron chi connectivity index (χ2n) is 4.27. The molecule has 102 valence electrons. The molecule has 0 radical (unpaired) electrons. The highest BCUT2D eigenvalue weighted by Gasteiger charge is 2.14. The minimum atomic E-state index is 0.399. The molecule has 0 bridgehead atoms. The van der Waals surface area contributed by atoms with Crippen LogP contribution in [0.25, 0.3) is 23.0 Å². The van der Waals surface area contributed by atoms with Crippen LogP contribution in [0, 0.1) is 0 Å². The molecule has 0 saturated carbocycles. The Bertz CT molecular complexity index is 747. The van der Waals surface area contributed by atoms with Gasteiger partial charge in [-0.15, -0.1) is 0 Å². The monoisotopic (exact) mass is 271 g/mol. The molecular formula is C13H13N5O2. The highest BCUT2D eigenvalue weighted by Crippen LogP contribution is 2.28. The van der Waals surface area contributed by atoms with E-state index in [1.54, 1.807) is 31.8 Å². The molecule has 0 atom stereocenters. The summed E-state index contributed by atoms with van der Waals surface area (Å²) in [6.07, 6.45) is 3.35. The number of nitrogen functional groups attached to an aromatic ring is 1. The standard InChI is InChI=1S/C13H13N5O2/c1-18-7-15-6-10(18)12-16-13(20-17-12)8-3-4-11(19-2)9(14)5-8/h3-7H,14H2,1-2H3. The van der Waals surface area contributed by atoms with Crippen LogP contribution in [-0.4, -0.2) is 26.8 Å². The van der Waals surface area contributed by atoms with E-state index in [4.69, 9.17) is 15.0 Å². The van der Waals surface area contributed by atoms with Crippen LogP contribution in [-0.2, 0) is 7.05 Å². The number of methoxy groups -OCH3 is 1. The second kappa shape index (κ2) is 4.69. The Kier molecular flexibility index (Phi) is 2.86. The number of ether oxygens (including phenoxy) is 1. The maximum absolute atomic E-state index is 5.87. The SMILES string of the molecule is COc1ccc(-c2nc(-c3cncn3C)no2)cc1N. The largest absolute Gasteiger partial charge is 0.495 e. The van der Waals surface area contributed by atoms with E-state index < -0.39 is 0 Å². The molecule has 0 fully saturated rings. The van der Waals surface area contributed by atoms with Crippen LogP contribution in [0.2, 0.25) is 0 Å². The maximum atomic E-state index is 5.87. The fourth-order valence-corrected chi connectivity index (χ4v) is 1.88. The van der Waals surface area contributed by atoms with Crippen molar-refractivity contribution in [1.29, 1.82) is 0 Å². The molecule has 3 rings (SSSR count). The number of hydrogen-bond acceptors (Lipinski definition) is 6. The molecular weight excluding hydrogens is 258 g/mol. The summed E-state index contributed by atoms with van der Waals surface area (Å²) in [6.45, 7) is 0. The summed E-state index contributed by atoms with van der Waals surface area (Å²) in [6, 6.07) is 5.31.